The van der Waals surface area contributed by atoms with Crippen LogP contribution in [0.4, 0.5) is 5.69 Å². The molecule has 5 rings (SSSR count). The van der Waals surface area contributed by atoms with Crippen molar-refractivity contribution in [2.45, 2.75) is 51.1 Å². The number of carbonyl (C=O) groups excluding carboxylic acids is 2. The van der Waals surface area contributed by atoms with E-state index >= 15 is 0 Å². The number of fused-ring (bicyclic) bond motifs is 10. The number of ether oxygens (including phenoxy) is 1. The van der Waals surface area contributed by atoms with Crippen LogP contribution < -0.4 is 15.2 Å². The van der Waals surface area contributed by atoms with Gasteiger partial charge in [-0.3, -0.25) is 14.3 Å². The number of nitrogens with zero attached hydrogens (tertiary/aromatic N) is 4. The summed E-state index contributed by atoms with van der Waals surface area (Å²) < 4.78 is 32.8. The van der Waals surface area contributed by atoms with E-state index in [0.717, 1.165) is 19.1 Å². The molecule has 2 amide bonds. The fourth-order valence-electron chi connectivity index (χ4n) is 4.71. The van der Waals surface area contributed by atoms with E-state index in [4.69, 9.17) is 10.5 Å². The van der Waals surface area contributed by atoms with E-state index in [9.17, 15) is 18.0 Å². The maximum absolute atomic E-state index is 13.1. The summed E-state index contributed by atoms with van der Waals surface area (Å²) in [6, 6.07) is 5.79. The van der Waals surface area contributed by atoms with E-state index in [1.54, 1.807) is 48.0 Å². The van der Waals surface area contributed by atoms with E-state index in [1.165, 1.54) is 0 Å². The summed E-state index contributed by atoms with van der Waals surface area (Å²) in [7, 11) is -1.91. The first-order chi connectivity index (χ1) is 17.5. The molecule has 0 saturated carbocycles. The highest BCUT2D eigenvalue weighted by atomic mass is 32.2. The second-order valence-corrected chi connectivity index (χ2v) is 11.5. The summed E-state index contributed by atoms with van der Waals surface area (Å²) in [6.07, 6.45) is 4.61. The van der Waals surface area contributed by atoms with Gasteiger partial charge in [0.15, 0.2) is 5.82 Å². The summed E-state index contributed by atoms with van der Waals surface area (Å²) in [5, 5.41) is 0. The van der Waals surface area contributed by atoms with Crippen LogP contribution in [-0.4, -0.2) is 85.1 Å². The quantitative estimate of drug-likeness (QED) is 0.597. The van der Waals surface area contributed by atoms with E-state index in [0.29, 0.717) is 55.2 Å². The summed E-state index contributed by atoms with van der Waals surface area (Å²) >= 11 is 0. The molecular weight excluding hydrogens is 496 g/mol. The molecule has 3 aliphatic rings. The number of rotatable bonds is 2. The van der Waals surface area contributed by atoms with Gasteiger partial charge in [-0.1, -0.05) is 0 Å². The first-order valence-electron chi connectivity index (χ1n) is 12.4. The van der Waals surface area contributed by atoms with Crippen LogP contribution in [0.5, 0.6) is 5.75 Å². The first-order valence-corrected chi connectivity index (χ1v) is 14.3. The molecule has 4 heterocycles. The molecule has 4 bridgehead atoms. The lowest BCUT2D eigenvalue weighted by molar-refractivity contribution is -0.134. The molecule has 0 radical (unpaired) electrons. The van der Waals surface area contributed by atoms with Crippen LogP contribution >= 0.6 is 0 Å². The van der Waals surface area contributed by atoms with Crippen LogP contribution in [0.3, 0.4) is 0 Å². The Labute approximate surface area is 217 Å². The van der Waals surface area contributed by atoms with Gasteiger partial charge in [-0.15, -0.1) is 0 Å². The number of aromatic nitrogens is 2. The predicted molar refractivity (Wildman–Crippen MR) is 140 cm³/mol. The van der Waals surface area contributed by atoms with Crippen LogP contribution in [0.1, 0.15) is 48.3 Å². The SMILES string of the molecule is Cc1cc2nc(n1)-c1ccc(c(NS(C)(=O)=O)c1)OC[C@@H]1CCCN1C(=O)[C@@H](N)CCCCN(C)C2=O. The van der Waals surface area contributed by atoms with Gasteiger partial charge >= 0.3 is 0 Å². The van der Waals surface area contributed by atoms with Crippen molar-refractivity contribution in [2.75, 3.05) is 37.7 Å². The Morgan fingerprint density at radius 3 is 2.62 bits per heavy atom. The zero-order valence-corrected chi connectivity index (χ0v) is 22.3. The van der Waals surface area contributed by atoms with E-state index in [2.05, 4.69) is 14.7 Å². The van der Waals surface area contributed by atoms with Gasteiger partial charge in [0.2, 0.25) is 15.9 Å². The second kappa shape index (κ2) is 11.0. The molecule has 1 aromatic heterocycles. The number of amides is 2. The molecule has 12 heteroatoms. The maximum Gasteiger partial charge on any atom is 0.272 e. The number of nitrogens with one attached hydrogen (secondary N) is 1. The largest absolute Gasteiger partial charge is 0.489 e. The van der Waals surface area contributed by atoms with Crippen LogP contribution in [-0.2, 0) is 14.8 Å². The smallest absolute Gasteiger partial charge is 0.272 e. The number of sulfonamides is 1. The van der Waals surface area contributed by atoms with Gasteiger partial charge in [0.1, 0.15) is 18.1 Å². The first kappa shape index (κ1) is 26.8. The number of hydrogen-bond donors (Lipinski definition) is 2. The van der Waals surface area contributed by atoms with Gasteiger partial charge in [0, 0.05) is 31.4 Å². The van der Waals surface area contributed by atoms with E-state index in [1.807, 2.05) is 0 Å². The lowest BCUT2D eigenvalue weighted by Crippen LogP contribution is -2.47. The molecule has 37 heavy (non-hydrogen) atoms. The van der Waals surface area contributed by atoms with Crippen LogP contribution in [0.2, 0.25) is 0 Å². The van der Waals surface area contributed by atoms with Crippen LogP contribution in [0, 0.1) is 6.92 Å². The third-order valence-electron chi connectivity index (χ3n) is 6.62. The van der Waals surface area contributed by atoms with Gasteiger partial charge in [-0.2, -0.15) is 0 Å². The third-order valence-corrected chi connectivity index (χ3v) is 7.21. The maximum atomic E-state index is 13.1. The Morgan fingerprint density at radius 2 is 1.86 bits per heavy atom. The Hall–Kier alpha value is -3.25. The number of hydrogen-bond acceptors (Lipinski definition) is 8. The molecule has 2 aromatic rings. The Bertz CT molecular complexity index is 1280. The third kappa shape index (κ3) is 6.55. The fraction of sp³-hybridized carbons (Fsp3) is 0.520. The molecule has 0 spiro atoms. The van der Waals surface area contributed by atoms with E-state index < -0.39 is 16.1 Å². The summed E-state index contributed by atoms with van der Waals surface area (Å²) in [6.45, 7) is 3.09. The molecule has 3 aliphatic heterocycles. The topological polar surface area (TPSA) is 148 Å². The molecule has 0 unspecified atom stereocenters. The highest BCUT2D eigenvalue weighted by Gasteiger charge is 2.32. The molecule has 1 aromatic carbocycles. The van der Waals surface area contributed by atoms with Crippen molar-refractivity contribution in [3.05, 3.63) is 35.7 Å². The van der Waals surface area contributed by atoms with E-state index in [-0.39, 0.29) is 35.8 Å². The molecule has 2 atom stereocenters. The van der Waals surface area contributed by atoms with Crippen molar-refractivity contribution >= 4 is 27.5 Å². The minimum atomic E-state index is -3.62. The fourth-order valence-corrected chi connectivity index (χ4v) is 5.27. The van der Waals surface area contributed by atoms with Crippen molar-refractivity contribution < 1.29 is 22.7 Å². The van der Waals surface area contributed by atoms with Crippen molar-refractivity contribution in [3.63, 3.8) is 0 Å². The highest BCUT2D eigenvalue weighted by molar-refractivity contribution is 7.92. The number of nitrogens with two attached hydrogens (primary N) is 1. The van der Waals surface area contributed by atoms with Gasteiger partial charge < -0.3 is 20.3 Å². The number of aryl methyl sites for hydroxylation is 1. The standard InChI is InChI=1S/C25H34N6O5S/c1-16-13-21-25(33)30(2)11-5-4-8-19(26)24(32)31-12-6-7-18(31)15-36-22-10-9-17(23(27-16)28-21)14-20(22)29-37(3,34)35/h9-10,13-14,18-19,29H,4-8,11-12,15,26H2,1-3H3/t18-,19-/m0/s1. The average molecular weight is 531 g/mol. The number of anilines is 1. The molecule has 0 aliphatic carbocycles. The van der Waals surface area contributed by atoms with Gasteiger partial charge in [0.25, 0.3) is 5.91 Å². The van der Waals surface area contributed by atoms with Crippen molar-refractivity contribution in [3.8, 4) is 17.1 Å². The van der Waals surface area contributed by atoms with Gasteiger partial charge in [0.05, 0.1) is 24.0 Å². The lowest BCUT2D eigenvalue weighted by Gasteiger charge is -2.28. The van der Waals surface area contributed by atoms with Crippen molar-refractivity contribution in [1.29, 1.82) is 0 Å². The van der Waals surface area contributed by atoms with Crippen LogP contribution in [0.15, 0.2) is 24.3 Å². The molecular formula is C25H34N6O5S. The Morgan fingerprint density at radius 1 is 1.08 bits per heavy atom. The second-order valence-electron chi connectivity index (χ2n) is 9.77. The molecule has 11 nitrogen and oxygen atoms in total. The zero-order valence-electron chi connectivity index (χ0n) is 21.4. The predicted octanol–water partition coefficient (Wildman–Crippen LogP) is 1.78. The lowest BCUT2D eigenvalue weighted by atomic mass is 10.1. The summed E-state index contributed by atoms with van der Waals surface area (Å²) in [5.74, 6) is 0.259. The molecule has 3 N–H and O–H groups in total. The van der Waals surface area contributed by atoms with Gasteiger partial charge in [-0.25, -0.2) is 18.4 Å². The zero-order chi connectivity index (χ0) is 26.7. The number of carbonyl (C=O) groups is 2. The molecule has 1 fully saturated rings. The summed E-state index contributed by atoms with van der Waals surface area (Å²) in [4.78, 5) is 38.5. The van der Waals surface area contributed by atoms with Crippen LogP contribution in [0.25, 0.3) is 11.4 Å². The minimum absolute atomic E-state index is 0.111. The molecule has 1 saturated heterocycles. The Kier molecular flexibility index (Phi) is 7.98. The van der Waals surface area contributed by atoms with Gasteiger partial charge in [-0.05, 0) is 63.3 Å². The Balaban J connectivity index is 1.74. The average Bonchev–Trinajstić information content (AvgIpc) is 3.31. The summed E-state index contributed by atoms with van der Waals surface area (Å²) in [5.41, 5.74) is 7.85. The van der Waals surface area contributed by atoms with Crippen molar-refractivity contribution in [2.24, 2.45) is 5.73 Å². The molecule has 200 valence electrons. The highest BCUT2D eigenvalue weighted by Crippen LogP contribution is 2.32. The normalized spacial score (nSPS) is 21.6. The monoisotopic (exact) mass is 530 g/mol. The number of benzene rings is 1. The van der Waals surface area contributed by atoms with Crippen molar-refractivity contribution in [1.82, 2.24) is 19.8 Å². The minimum Gasteiger partial charge on any atom is -0.489 e.